The van der Waals surface area contributed by atoms with Crippen LogP contribution in [0.5, 0.6) is 0 Å². The highest BCUT2D eigenvalue weighted by molar-refractivity contribution is 7.89. The molecule has 2 saturated heterocycles. The number of nitrogens with one attached hydrogen (secondary N) is 1. The summed E-state index contributed by atoms with van der Waals surface area (Å²) in [7, 11) is -3.57. The minimum absolute atomic E-state index is 0.0286. The van der Waals surface area contributed by atoms with E-state index in [1.807, 2.05) is 13.8 Å². The Morgan fingerprint density at radius 1 is 1.12 bits per heavy atom. The Morgan fingerprint density at radius 3 is 2.38 bits per heavy atom. The molecule has 2 aliphatic rings. The summed E-state index contributed by atoms with van der Waals surface area (Å²) in [5.74, 6) is -0.891. The normalized spacial score (nSPS) is 21.6. The summed E-state index contributed by atoms with van der Waals surface area (Å²) >= 11 is 0. The monoisotopic (exact) mass is 495 g/mol. The van der Waals surface area contributed by atoms with E-state index in [2.05, 4.69) is 5.32 Å². The summed E-state index contributed by atoms with van der Waals surface area (Å²) in [5.41, 5.74) is 0.991. The van der Waals surface area contributed by atoms with Crippen LogP contribution in [-0.2, 0) is 33.9 Å². The zero-order valence-electron chi connectivity index (χ0n) is 19.9. The van der Waals surface area contributed by atoms with E-state index in [0.717, 1.165) is 5.56 Å². The molecule has 10 nitrogen and oxygen atoms in total. The first-order chi connectivity index (χ1) is 16.1. The number of carbonyl (C=O) groups excluding carboxylic acids is 3. The zero-order valence-corrected chi connectivity index (χ0v) is 20.7. The summed E-state index contributed by atoms with van der Waals surface area (Å²) in [6.07, 6.45) is -0.724. The summed E-state index contributed by atoms with van der Waals surface area (Å²) < 4.78 is 37.0. The Balaban J connectivity index is 1.36. The average Bonchev–Trinajstić information content (AvgIpc) is 3.61. The molecular weight excluding hydrogens is 462 g/mol. The lowest BCUT2D eigenvalue weighted by Gasteiger charge is -2.34. The standard InChI is InChI=1S/C23H33N3O7S/c1-4-32-23(29)21-20(33-21)22(28)24-10-9-17(3)15-19(27)25-11-13-26(14-12-25)34(30,31)18-7-5-16(2)6-8-18/h5-8,17,20-21H,4,9-15H2,1-3H3,(H,24,28)/t17-,20-,21-/m0/s1. The van der Waals surface area contributed by atoms with Crippen LogP contribution in [0.15, 0.2) is 29.2 Å². The molecular formula is C23H33N3O7S. The molecule has 0 bridgehead atoms. The highest BCUT2D eigenvalue weighted by Crippen LogP contribution is 2.24. The summed E-state index contributed by atoms with van der Waals surface area (Å²) in [6.45, 7) is 7.33. The van der Waals surface area contributed by atoms with Crippen molar-refractivity contribution in [2.24, 2.45) is 5.92 Å². The van der Waals surface area contributed by atoms with Crippen molar-refractivity contribution < 1.29 is 32.3 Å². The first-order valence-electron chi connectivity index (χ1n) is 11.6. The second-order valence-electron chi connectivity index (χ2n) is 8.72. The molecule has 0 radical (unpaired) electrons. The molecule has 0 aliphatic carbocycles. The van der Waals surface area contributed by atoms with Gasteiger partial charge >= 0.3 is 5.97 Å². The number of sulfonamides is 1. The fourth-order valence-electron chi connectivity index (χ4n) is 3.82. The van der Waals surface area contributed by atoms with Crippen LogP contribution in [0.4, 0.5) is 0 Å². The van der Waals surface area contributed by atoms with Crippen LogP contribution in [0.2, 0.25) is 0 Å². The van der Waals surface area contributed by atoms with Crippen molar-refractivity contribution in [1.82, 2.24) is 14.5 Å². The smallest absolute Gasteiger partial charge is 0.338 e. The molecule has 0 aromatic heterocycles. The number of amides is 2. The summed E-state index contributed by atoms with van der Waals surface area (Å²) in [6, 6.07) is 6.75. The number of hydrogen-bond donors (Lipinski definition) is 1. The van der Waals surface area contributed by atoms with E-state index in [1.54, 1.807) is 36.1 Å². The number of ether oxygens (including phenoxy) is 2. The van der Waals surface area contributed by atoms with Gasteiger partial charge in [0.25, 0.3) is 5.91 Å². The lowest BCUT2D eigenvalue weighted by Crippen LogP contribution is -2.50. The maximum Gasteiger partial charge on any atom is 0.338 e. The molecule has 2 aliphatic heterocycles. The third-order valence-electron chi connectivity index (χ3n) is 5.98. The van der Waals surface area contributed by atoms with Gasteiger partial charge in [-0.3, -0.25) is 9.59 Å². The van der Waals surface area contributed by atoms with E-state index < -0.39 is 28.2 Å². The highest BCUT2D eigenvalue weighted by Gasteiger charge is 2.51. The Hall–Kier alpha value is -2.50. The average molecular weight is 496 g/mol. The molecule has 188 valence electrons. The number of carbonyl (C=O) groups is 3. The van der Waals surface area contributed by atoms with Gasteiger partial charge in [-0.2, -0.15) is 4.31 Å². The van der Waals surface area contributed by atoms with Crippen LogP contribution in [0, 0.1) is 12.8 Å². The minimum Gasteiger partial charge on any atom is -0.464 e. The molecule has 0 unspecified atom stereocenters. The van der Waals surface area contributed by atoms with Gasteiger partial charge in [0, 0.05) is 39.1 Å². The van der Waals surface area contributed by atoms with E-state index in [-0.39, 0.29) is 42.3 Å². The Morgan fingerprint density at radius 2 is 1.76 bits per heavy atom. The molecule has 3 rings (SSSR count). The molecule has 1 N–H and O–H groups in total. The maximum atomic E-state index is 12.8. The SMILES string of the molecule is CCOC(=O)[C@H]1O[C@@H]1C(=O)NCC[C@H](C)CC(=O)N1CCN(S(=O)(=O)c2ccc(C)cc2)CC1. The van der Waals surface area contributed by atoms with Crippen LogP contribution < -0.4 is 5.32 Å². The van der Waals surface area contributed by atoms with Crippen LogP contribution in [0.25, 0.3) is 0 Å². The topological polar surface area (TPSA) is 126 Å². The Kier molecular flexibility index (Phi) is 8.67. The third-order valence-corrected chi connectivity index (χ3v) is 7.89. The minimum atomic E-state index is -3.57. The van der Waals surface area contributed by atoms with Gasteiger partial charge in [0.05, 0.1) is 11.5 Å². The van der Waals surface area contributed by atoms with E-state index in [4.69, 9.17) is 9.47 Å². The molecule has 3 atom stereocenters. The van der Waals surface area contributed by atoms with Gasteiger partial charge in [0.1, 0.15) is 0 Å². The first kappa shape index (κ1) is 26.1. The number of epoxide rings is 1. The van der Waals surface area contributed by atoms with Crippen molar-refractivity contribution in [2.45, 2.75) is 50.7 Å². The van der Waals surface area contributed by atoms with Gasteiger partial charge in [-0.25, -0.2) is 13.2 Å². The van der Waals surface area contributed by atoms with Crippen LogP contribution in [0.1, 0.15) is 32.3 Å². The predicted octanol–water partition coefficient (Wildman–Crippen LogP) is 0.691. The van der Waals surface area contributed by atoms with Crippen LogP contribution >= 0.6 is 0 Å². The molecule has 0 spiro atoms. The molecule has 34 heavy (non-hydrogen) atoms. The molecule has 1 aromatic carbocycles. The predicted molar refractivity (Wildman–Crippen MR) is 123 cm³/mol. The fraction of sp³-hybridized carbons (Fsp3) is 0.609. The zero-order chi connectivity index (χ0) is 24.9. The molecule has 1 aromatic rings. The van der Waals surface area contributed by atoms with Crippen molar-refractivity contribution in [2.75, 3.05) is 39.3 Å². The second kappa shape index (κ2) is 11.3. The van der Waals surface area contributed by atoms with E-state index in [9.17, 15) is 22.8 Å². The van der Waals surface area contributed by atoms with Crippen molar-refractivity contribution >= 4 is 27.8 Å². The summed E-state index contributed by atoms with van der Waals surface area (Å²) in [5, 5.41) is 2.73. The van der Waals surface area contributed by atoms with Gasteiger partial charge in [-0.05, 0) is 38.3 Å². The van der Waals surface area contributed by atoms with Gasteiger partial charge in [-0.1, -0.05) is 24.6 Å². The number of esters is 1. The van der Waals surface area contributed by atoms with E-state index >= 15 is 0 Å². The van der Waals surface area contributed by atoms with Crippen molar-refractivity contribution in [3.63, 3.8) is 0 Å². The van der Waals surface area contributed by atoms with Gasteiger partial charge < -0.3 is 19.7 Å². The molecule has 11 heteroatoms. The quantitative estimate of drug-likeness (QED) is 0.374. The maximum absolute atomic E-state index is 12.8. The van der Waals surface area contributed by atoms with Crippen molar-refractivity contribution in [3.8, 4) is 0 Å². The largest absolute Gasteiger partial charge is 0.464 e. The number of nitrogens with zero attached hydrogens (tertiary/aromatic N) is 2. The molecule has 0 saturated carbocycles. The lowest BCUT2D eigenvalue weighted by atomic mass is 10.0. The third kappa shape index (κ3) is 6.55. The van der Waals surface area contributed by atoms with Crippen molar-refractivity contribution in [3.05, 3.63) is 29.8 Å². The van der Waals surface area contributed by atoms with Crippen LogP contribution in [0.3, 0.4) is 0 Å². The van der Waals surface area contributed by atoms with E-state index in [1.165, 1.54) is 4.31 Å². The highest BCUT2D eigenvalue weighted by atomic mass is 32.2. The fourth-order valence-corrected chi connectivity index (χ4v) is 5.25. The lowest BCUT2D eigenvalue weighted by molar-refractivity contribution is -0.144. The van der Waals surface area contributed by atoms with E-state index in [0.29, 0.717) is 32.5 Å². The number of rotatable bonds is 10. The second-order valence-corrected chi connectivity index (χ2v) is 10.7. The number of piperazine rings is 1. The molecule has 2 amide bonds. The van der Waals surface area contributed by atoms with Crippen LogP contribution in [-0.4, -0.2) is 86.9 Å². The Bertz CT molecular complexity index is 988. The number of hydrogen-bond acceptors (Lipinski definition) is 7. The van der Waals surface area contributed by atoms with Crippen molar-refractivity contribution in [1.29, 1.82) is 0 Å². The molecule has 2 heterocycles. The summed E-state index contributed by atoms with van der Waals surface area (Å²) in [4.78, 5) is 38.2. The number of aryl methyl sites for hydroxylation is 1. The van der Waals surface area contributed by atoms with Gasteiger partial charge in [-0.15, -0.1) is 0 Å². The molecule has 2 fully saturated rings. The first-order valence-corrected chi connectivity index (χ1v) is 13.0. The van der Waals surface area contributed by atoms with Gasteiger partial charge in [0.2, 0.25) is 15.9 Å². The Labute approximate surface area is 200 Å². The number of benzene rings is 1. The van der Waals surface area contributed by atoms with Gasteiger partial charge in [0.15, 0.2) is 12.2 Å².